The Bertz CT molecular complexity index is 281. The van der Waals surface area contributed by atoms with E-state index in [9.17, 15) is 0 Å². The van der Waals surface area contributed by atoms with Crippen LogP contribution in [0, 0.1) is 6.92 Å². The lowest BCUT2D eigenvalue weighted by molar-refractivity contribution is 0.278. The first kappa shape index (κ1) is 13.7. The van der Waals surface area contributed by atoms with Crippen LogP contribution in [0.25, 0.3) is 0 Å². The Hall–Kier alpha value is -0.340. The zero-order valence-corrected chi connectivity index (χ0v) is 12.0. The van der Waals surface area contributed by atoms with Crippen molar-refractivity contribution in [1.29, 1.82) is 0 Å². The van der Waals surface area contributed by atoms with Crippen molar-refractivity contribution >= 4 is 15.9 Å². The standard InChI is InChI=1S/C14H22BrN/c1-3-4-10-16(11-9-15)12-14-7-5-13(2)6-8-14/h5-8H,3-4,9-12H2,1-2H3. The maximum Gasteiger partial charge on any atom is 0.0234 e. The van der Waals surface area contributed by atoms with Gasteiger partial charge in [-0.2, -0.15) is 0 Å². The Morgan fingerprint density at radius 1 is 1.12 bits per heavy atom. The zero-order valence-electron chi connectivity index (χ0n) is 10.4. The lowest BCUT2D eigenvalue weighted by atomic mass is 10.1. The first-order valence-corrected chi connectivity index (χ1v) is 7.22. The maximum atomic E-state index is 3.53. The summed E-state index contributed by atoms with van der Waals surface area (Å²) in [6.07, 6.45) is 2.56. The molecule has 0 amide bonds. The van der Waals surface area contributed by atoms with E-state index in [1.165, 1.54) is 30.5 Å². The van der Waals surface area contributed by atoms with Crippen LogP contribution in [0.5, 0.6) is 0 Å². The van der Waals surface area contributed by atoms with Gasteiger partial charge in [-0.15, -0.1) is 0 Å². The number of rotatable bonds is 7. The molecule has 0 spiro atoms. The average Bonchev–Trinajstić information content (AvgIpc) is 2.29. The molecule has 0 radical (unpaired) electrons. The Kier molecular flexibility index (Phi) is 6.74. The Morgan fingerprint density at radius 2 is 1.81 bits per heavy atom. The third-order valence-electron chi connectivity index (χ3n) is 2.76. The first-order chi connectivity index (χ1) is 7.76. The molecule has 0 bridgehead atoms. The molecule has 90 valence electrons. The van der Waals surface area contributed by atoms with E-state index in [1.807, 2.05) is 0 Å². The van der Waals surface area contributed by atoms with E-state index in [0.717, 1.165) is 18.4 Å². The van der Waals surface area contributed by atoms with Gasteiger partial charge in [0.2, 0.25) is 0 Å². The van der Waals surface area contributed by atoms with E-state index in [2.05, 4.69) is 58.9 Å². The molecular formula is C14H22BrN. The molecule has 1 aromatic rings. The average molecular weight is 284 g/mol. The van der Waals surface area contributed by atoms with E-state index in [-0.39, 0.29) is 0 Å². The molecule has 0 aliphatic heterocycles. The molecule has 0 fully saturated rings. The van der Waals surface area contributed by atoms with Crippen LogP contribution in [-0.2, 0) is 6.54 Å². The highest BCUT2D eigenvalue weighted by Crippen LogP contribution is 2.08. The molecule has 0 aliphatic carbocycles. The van der Waals surface area contributed by atoms with Gasteiger partial charge in [0, 0.05) is 18.4 Å². The fourth-order valence-corrected chi connectivity index (χ4v) is 2.22. The van der Waals surface area contributed by atoms with Gasteiger partial charge in [-0.3, -0.25) is 4.90 Å². The van der Waals surface area contributed by atoms with Gasteiger partial charge in [0.05, 0.1) is 0 Å². The smallest absolute Gasteiger partial charge is 0.0234 e. The SMILES string of the molecule is CCCCN(CCBr)Cc1ccc(C)cc1. The zero-order chi connectivity index (χ0) is 11.8. The van der Waals surface area contributed by atoms with E-state index < -0.39 is 0 Å². The van der Waals surface area contributed by atoms with Crippen LogP contribution in [0.1, 0.15) is 30.9 Å². The van der Waals surface area contributed by atoms with Gasteiger partial charge in [0.25, 0.3) is 0 Å². The summed E-state index contributed by atoms with van der Waals surface area (Å²) in [7, 11) is 0. The van der Waals surface area contributed by atoms with Crippen LogP contribution in [0.15, 0.2) is 24.3 Å². The Labute approximate surface area is 108 Å². The molecule has 0 heterocycles. The Balaban J connectivity index is 2.49. The number of nitrogens with zero attached hydrogens (tertiary/aromatic N) is 1. The third kappa shape index (κ3) is 5.13. The second-order valence-electron chi connectivity index (χ2n) is 4.30. The van der Waals surface area contributed by atoms with Crippen molar-refractivity contribution in [2.75, 3.05) is 18.4 Å². The molecule has 0 unspecified atom stereocenters. The molecule has 1 aromatic carbocycles. The van der Waals surface area contributed by atoms with Crippen molar-refractivity contribution in [1.82, 2.24) is 4.90 Å². The van der Waals surface area contributed by atoms with Crippen LogP contribution < -0.4 is 0 Å². The second kappa shape index (κ2) is 7.86. The van der Waals surface area contributed by atoms with Crippen LogP contribution in [0.3, 0.4) is 0 Å². The highest BCUT2D eigenvalue weighted by Gasteiger charge is 2.04. The lowest BCUT2D eigenvalue weighted by Crippen LogP contribution is -2.26. The summed E-state index contributed by atoms with van der Waals surface area (Å²) in [4.78, 5) is 2.52. The van der Waals surface area contributed by atoms with Gasteiger partial charge < -0.3 is 0 Å². The van der Waals surface area contributed by atoms with Gasteiger partial charge in [0.1, 0.15) is 0 Å². The quantitative estimate of drug-likeness (QED) is 0.684. The van der Waals surface area contributed by atoms with Gasteiger partial charge in [-0.05, 0) is 25.5 Å². The summed E-state index contributed by atoms with van der Waals surface area (Å²) >= 11 is 3.53. The number of aryl methyl sites for hydroxylation is 1. The minimum atomic E-state index is 1.06. The predicted molar refractivity (Wildman–Crippen MR) is 75.2 cm³/mol. The van der Waals surface area contributed by atoms with Gasteiger partial charge >= 0.3 is 0 Å². The third-order valence-corrected chi connectivity index (χ3v) is 3.11. The van der Waals surface area contributed by atoms with Crippen molar-refractivity contribution in [3.8, 4) is 0 Å². The van der Waals surface area contributed by atoms with Crippen molar-refractivity contribution in [3.05, 3.63) is 35.4 Å². The number of hydrogen-bond donors (Lipinski definition) is 0. The molecule has 0 atom stereocenters. The number of alkyl halides is 1. The number of halogens is 1. The monoisotopic (exact) mass is 283 g/mol. The van der Waals surface area contributed by atoms with Crippen LogP contribution in [-0.4, -0.2) is 23.3 Å². The summed E-state index contributed by atoms with van der Waals surface area (Å²) in [6, 6.07) is 8.87. The van der Waals surface area contributed by atoms with Gasteiger partial charge in [-0.1, -0.05) is 59.1 Å². The molecule has 1 rings (SSSR count). The summed E-state index contributed by atoms with van der Waals surface area (Å²) in [5.74, 6) is 0. The van der Waals surface area contributed by atoms with Crippen LogP contribution in [0.2, 0.25) is 0 Å². The van der Waals surface area contributed by atoms with Gasteiger partial charge in [-0.25, -0.2) is 0 Å². The number of benzene rings is 1. The van der Waals surface area contributed by atoms with E-state index >= 15 is 0 Å². The van der Waals surface area contributed by atoms with Crippen molar-refractivity contribution < 1.29 is 0 Å². The fraction of sp³-hybridized carbons (Fsp3) is 0.571. The molecule has 0 saturated heterocycles. The van der Waals surface area contributed by atoms with Gasteiger partial charge in [0.15, 0.2) is 0 Å². The summed E-state index contributed by atoms with van der Waals surface area (Å²) in [5.41, 5.74) is 2.76. The van der Waals surface area contributed by atoms with Crippen molar-refractivity contribution in [2.24, 2.45) is 0 Å². The Morgan fingerprint density at radius 3 is 2.38 bits per heavy atom. The minimum absolute atomic E-state index is 1.06. The topological polar surface area (TPSA) is 3.24 Å². The van der Waals surface area contributed by atoms with E-state index in [0.29, 0.717) is 0 Å². The molecule has 0 N–H and O–H groups in total. The summed E-state index contributed by atoms with van der Waals surface area (Å²) < 4.78 is 0. The van der Waals surface area contributed by atoms with Crippen LogP contribution in [0.4, 0.5) is 0 Å². The highest BCUT2D eigenvalue weighted by atomic mass is 79.9. The molecule has 2 heteroatoms. The maximum absolute atomic E-state index is 3.53. The molecular weight excluding hydrogens is 262 g/mol. The van der Waals surface area contributed by atoms with Crippen LogP contribution >= 0.6 is 15.9 Å². The predicted octanol–water partition coefficient (Wildman–Crippen LogP) is 3.99. The normalized spacial score (nSPS) is 11.0. The lowest BCUT2D eigenvalue weighted by Gasteiger charge is -2.21. The van der Waals surface area contributed by atoms with E-state index in [1.54, 1.807) is 0 Å². The molecule has 1 nitrogen and oxygen atoms in total. The molecule has 0 aliphatic rings. The summed E-state index contributed by atoms with van der Waals surface area (Å²) in [6.45, 7) is 7.80. The molecule has 0 saturated carbocycles. The van der Waals surface area contributed by atoms with Crippen molar-refractivity contribution in [2.45, 2.75) is 33.2 Å². The molecule has 16 heavy (non-hydrogen) atoms. The largest absolute Gasteiger partial charge is 0.298 e. The molecule has 0 aromatic heterocycles. The first-order valence-electron chi connectivity index (χ1n) is 6.10. The fourth-order valence-electron chi connectivity index (χ4n) is 1.72. The number of hydrogen-bond acceptors (Lipinski definition) is 1. The van der Waals surface area contributed by atoms with Crippen molar-refractivity contribution in [3.63, 3.8) is 0 Å². The number of unbranched alkanes of at least 4 members (excludes halogenated alkanes) is 1. The highest BCUT2D eigenvalue weighted by molar-refractivity contribution is 9.09. The summed E-state index contributed by atoms with van der Waals surface area (Å²) in [5, 5.41) is 1.06. The second-order valence-corrected chi connectivity index (χ2v) is 5.10. The van der Waals surface area contributed by atoms with E-state index in [4.69, 9.17) is 0 Å². The minimum Gasteiger partial charge on any atom is -0.298 e.